The van der Waals surface area contributed by atoms with Crippen molar-refractivity contribution < 1.29 is 22.4 Å². The number of carbonyl (C=O) groups is 1. The van der Waals surface area contributed by atoms with Crippen molar-refractivity contribution in [2.45, 2.75) is 43.8 Å². The van der Waals surface area contributed by atoms with Crippen LogP contribution in [0.4, 0.5) is 13.2 Å². The van der Waals surface area contributed by atoms with Crippen molar-refractivity contribution >= 4 is 39.7 Å². The molecular formula is C26H24F3N3O2S. The second kappa shape index (κ2) is 8.41. The number of hydrogen-bond donors (Lipinski definition) is 1. The number of alkyl halides is 3. The van der Waals surface area contributed by atoms with Gasteiger partial charge in [-0.25, -0.2) is 4.99 Å². The van der Waals surface area contributed by atoms with E-state index < -0.39 is 23.2 Å². The molecule has 1 amide bonds. The number of fused-ring (bicyclic) bond motifs is 1. The predicted molar refractivity (Wildman–Crippen MR) is 131 cm³/mol. The highest BCUT2D eigenvalue weighted by Gasteiger charge is 2.48. The Morgan fingerprint density at radius 2 is 2.00 bits per heavy atom. The van der Waals surface area contributed by atoms with Gasteiger partial charge in [-0.2, -0.15) is 13.2 Å². The summed E-state index contributed by atoms with van der Waals surface area (Å²) in [6.07, 6.45) is 0.980. The van der Waals surface area contributed by atoms with Gasteiger partial charge in [-0.15, -0.1) is 11.3 Å². The number of halogens is 3. The van der Waals surface area contributed by atoms with Gasteiger partial charge in [-0.05, 0) is 72.5 Å². The number of furan rings is 1. The minimum Gasteiger partial charge on any atom is -0.464 e. The Bertz CT molecular complexity index is 1400. The van der Waals surface area contributed by atoms with Crippen molar-refractivity contribution in [2.24, 2.45) is 10.7 Å². The van der Waals surface area contributed by atoms with E-state index in [-0.39, 0.29) is 18.3 Å². The van der Waals surface area contributed by atoms with Gasteiger partial charge in [0.1, 0.15) is 11.1 Å². The fraction of sp³-hybridized carbons (Fsp3) is 0.308. The van der Waals surface area contributed by atoms with Gasteiger partial charge in [0.25, 0.3) is 0 Å². The van der Waals surface area contributed by atoms with E-state index in [4.69, 9.17) is 15.1 Å². The first-order chi connectivity index (χ1) is 16.6. The van der Waals surface area contributed by atoms with E-state index in [2.05, 4.69) is 0 Å². The largest absolute Gasteiger partial charge is 0.464 e. The van der Waals surface area contributed by atoms with Crippen LogP contribution in [0.15, 0.2) is 69.1 Å². The molecule has 5 rings (SSSR count). The number of carbonyl (C=O) groups excluding carboxylic acids is 1. The summed E-state index contributed by atoms with van der Waals surface area (Å²) in [4.78, 5) is 20.5. The summed E-state index contributed by atoms with van der Waals surface area (Å²) in [6.45, 7) is 1.88. The molecule has 0 fully saturated rings. The lowest BCUT2D eigenvalue weighted by Crippen LogP contribution is -2.52. The first-order valence-electron chi connectivity index (χ1n) is 11.2. The number of nitrogens with two attached hydrogens (primary N) is 1. The minimum absolute atomic E-state index is 0.00155. The number of rotatable bonds is 3. The van der Waals surface area contributed by atoms with E-state index in [1.165, 1.54) is 22.3 Å². The molecule has 0 saturated heterocycles. The summed E-state index contributed by atoms with van der Waals surface area (Å²) in [6, 6.07) is 9.40. The smallest absolute Gasteiger partial charge is 0.412 e. The maximum absolute atomic E-state index is 13.5. The predicted octanol–water partition coefficient (Wildman–Crippen LogP) is 6.34. The maximum Gasteiger partial charge on any atom is 0.412 e. The van der Waals surface area contributed by atoms with E-state index in [0.717, 1.165) is 32.5 Å². The second-order valence-corrected chi connectivity index (χ2v) is 10.0. The Balaban J connectivity index is 1.57. The second-order valence-electron chi connectivity index (χ2n) is 9.10. The van der Waals surface area contributed by atoms with Crippen LogP contribution in [0.3, 0.4) is 0 Å². The zero-order chi connectivity index (χ0) is 25.0. The number of amides is 1. The Kier molecular flexibility index (Phi) is 5.62. The molecule has 0 spiro atoms. The number of benzene rings is 1. The van der Waals surface area contributed by atoms with E-state index in [9.17, 15) is 18.0 Å². The lowest BCUT2D eigenvalue weighted by Gasteiger charge is -2.40. The van der Waals surface area contributed by atoms with Gasteiger partial charge >= 0.3 is 6.18 Å². The number of likely N-dealkylation sites (N-methyl/N-ethyl adjacent to an activating group) is 1. The highest BCUT2D eigenvalue weighted by molar-refractivity contribution is 7.10. The number of hydrogen-bond acceptors (Lipinski definition) is 5. The molecule has 35 heavy (non-hydrogen) atoms. The number of allylic oxidation sites excluding steroid dienone is 4. The van der Waals surface area contributed by atoms with E-state index in [0.29, 0.717) is 12.8 Å². The highest BCUT2D eigenvalue weighted by Crippen LogP contribution is 2.47. The molecule has 0 bridgehead atoms. The molecule has 2 N–H and O–H groups in total. The Morgan fingerprint density at radius 3 is 2.77 bits per heavy atom. The minimum atomic E-state index is -4.32. The number of nitrogens with zero attached hydrogens (tertiary/aromatic N) is 2. The average Bonchev–Trinajstić information content (AvgIpc) is 3.41. The Hall–Kier alpha value is -3.33. The molecule has 182 valence electrons. The molecule has 2 atom stereocenters. The first kappa shape index (κ1) is 23.4. The number of guanidine groups is 1. The molecule has 3 heterocycles. The van der Waals surface area contributed by atoms with Gasteiger partial charge in [-0.1, -0.05) is 18.2 Å². The Morgan fingerprint density at radius 1 is 1.20 bits per heavy atom. The quantitative estimate of drug-likeness (QED) is 0.457. The maximum atomic E-state index is 13.5. The van der Waals surface area contributed by atoms with Gasteiger partial charge < -0.3 is 10.2 Å². The fourth-order valence-corrected chi connectivity index (χ4v) is 5.91. The molecule has 2 aliphatic rings. The van der Waals surface area contributed by atoms with Crippen LogP contribution < -0.4 is 5.73 Å². The molecule has 0 saturated carbocycles. The van der Waals surface area contributed by atoms with Crippen LogP contribution >= 0.6 is 11.3 Å². The topological polar surface area (TPSA) is 71.8 Å². The molecule has 1 unspecified atom stereocenters. The fourth-order valence-electron chi connectivity index (χ4n) is 4.84. The van der Waals surface area contributed by atoms with Gasteiger partial charge in [-0.3, -0.25) is 9.69 Å². The van der Waals surface area contributed by atoms with Crippen LogP contribution in [0.2, 0.25) is 0 Å². The number of thiophene rings is 1. The van der Waals surface area contributed by atoms with Crippen molar-refractivity contribution in [3.63, 3.8) is 0 Å². The molecular weight excluding hydrogens is 475 g/mol. The molecule has 1 aliphatic carbocycles. The Labute approximate surface area is 204 Å². The van der Waals surface area contributed by atoms with Crippen molar-refractivity contribution in [3.05, 3.63) is 75.7 Å². The van der Waals surface area contributed by atoms with Gasteiger partial charge in [0, 0.05) is 22.9 Å². The summed E-state index contributed by atoms with van der Waals surface area (Å²) < 4.78 is 45.0. The standard InChI is InChI=1S/C26H24F3N3O2S/c1-25(21-13-18(14-35-21)15-4-3-5-19(8-6-15)26(27,28)29)22(23(33)32(2)24(30)31-25)17-7-9-20-16(12-17)10-11-34-20/h6-14,22H,3-5H2,1-2H3,(H2,30,31)/t22?,25-/m1/s1. The zero-order valence-electron chi connectivity index (χ0n) is 19.2. The molecule has 2 aromatic heterocycles. The summed E-state index contributed by atoms with van der Waals surface area (Å²) >= 11 is 1.44. The van der Waals surface area contributed by atoms with E-state index in [1.54, 1.807) is 19.4 Å². The third-order valence-corrected chi connectivity index (χ3v) is 8.01. The lowest BCUT2D eigenvalue weighted by molar-refractivity contribution is -0.130. The normalized spacial score (nSPS) is 23.7. The molecule has 0 radical (unpaired) electrons. The molecule has 3 aromatic rings. The highest BCUT2D eigenvalue weighted by atomic mass is 32.1. The van der Waals surface area contributed by atoms with Crippen molar-refractivity contribution in [1.82, 2.24) is 4.90 Å². The van der Waals surface area contributed by atoms with Crippen molar-refractivity contribution in [1.29, 1.82) is 0 Å². The van der Waals surface area contributed by atoms with Crippen LogP contribution in [0, 0.1) is 0 Å². The van der Waals surface area contributed by atoms with Crippen LogP contribution in [0.5, 0.6) is 0 Å². The van der Waals surface area contributed by atoms with Crippen LogP contribution in [0.1, 0.15) is 48.1 Å². The lowest BCUT2D eigenvalue weighted by atomic mass is 9.77. The molecule has 1 aliphatic heterocycles. The summed E-state index contributed by atoms with van der Waals surface area (Å²) in [5.41, 5.74) is 7.84. The van der Waals surface area contributed by atoms with Crippen LogP contribution in [-0.2, 0) is 10.3 Å². The van der Waals surface area contributed by atoms with Gasteiger partial charge in [0.2, 0.25) is 5.91 Å². The van der Waals surface area contributed by atoms with Crippen LogP contribution in [-0.4, -0.2) is 30.0 Å². The number of aliphatic imine (C=N–C) groups is 1. The summed E-state index contributed by atoms with van der Waals surface area (Å²) in [5.74, 6) is -0.686. The molecule has 9 heteroatoms. The third-order valence-electron chi connectivity index (χ3n) is 6.85. The third kappa shape index (κ3) is 4.07. The first-order valence-corrected chi connectivity index (χ1v) is 12.1. The average molecular weight is 500 g/mol. The van der Waals surface area contributed by atoms with E-state index in [1.807, 2.05) is 42.6 Å². The van der Waals surface area contributed by atoms with Gasteiger partial charge in [0.05, 0.1) is 12.2 Å². The van der Waals surface area contributed by atoms with Gasteiger partial charge in [0.15, 0.2) is 5.96 Å². The molecule has 1 aromatic carbocycles. The summed E-state index contributed by atoms with van der Waals surface area (Å²) in [7, 11) is 1.60. The van der Waals surface area contributed by atoms with Crippen molar-refractivity contribution in [2.75, 3.05) is 7.05 Å². The SMILES string of the molecule is CN1C(=O)C(c2ccc3occc3c2)[C@@](C)(c2cc(C3=CC=C(C(F)(F)F)CCC3)cs2)N=C1N. The van der Waals surface area contributed by atoms with E-state index >= 15 is 0 Å². The molecule has 5 nitrogen and oxygen atoms in total. The monoisotopic (exact) mass is 499 g/mol. The van der Waals surface area contributed by atoms with Crippen molar-refractivity contribution in [3.8, 4) is 0 Å². The zero-order valence-corrected chi connectivity index (χ0v) is 20.0. The summed E-state index contributed by atoms with van der Waals surface area (Å²) in [5, 5.41) is 2.80. The van der Waals surface area contributed by atoms with Crippen LogP contribution in [0.25, 0.3) is 16.5 Å².